The van der Waals surface area contributed by atoms with Gasteiger partial charge in [0.1, 0.15) is 41.3 Å². The fourth-order valence-corrected chi connectivity index (χ4v) is 8.36. The van der Waals surface area contributed by atoms with Crippen LogP contribution in [-0.4, -0.2) is 30.7 Å². The van der Waals surface area contributed by atoms with Gasteiger partial charge in [-0.05, 0) is 55.0 Å². The molecule has 0 aliphatic rings. The number of benzene rings is 4. The predicted octanol–water partition coefficient (Wildman–Crippen LogP) is 5.68. The average molecular weight is 506 g/mol. The third-order valence-electron chi connectivity index (χ3n) is 5.89. The van der Waals surface area contributed by atoms with Crippen molar-refractivity contribution in [2.24, 2.45) is 10.2 Å². The average Bonchev–Trinajstić information content (AvgIpc) is 2.96. The molecule has 0 aromatic heterocycles. The number of carbonyl (C=O) groups excluding carboxylic acids is 1. The van der Waals surface area contributed by atoms with Gasteiger partial charge in [-0.1, -0.05) is 91.0 Å². The largest absolute Gasteiger partial charge is 0.462 e. The molecule has 4 rings (SSSR count). The van der Waals surface area contributed by atoms with E-state index >= 15 is 0 Å². The quantitative estimate of drug-likeness (QED) is 0.120. The number of allylic oxidation sites excluding steroid dienone is 1. The normalized spacial score (nSPS) is 12.2. The van der Waals surface area contributed by atoms with E-state index in [2.05, 4.69) is 83.0 Å². The molecule has 0 unspecified atom stereocenters. The summed E-state index contributed by atoms with van der Waals surface area (Å²) in [6.45, 7) is 2.06. The van der Waals surface area contributed by atoms with Crippen LogP contribution in [0, 0.1) is 0 Å². The number of ether oxygens (including phenoxy) is 1. The molecule has 4 nitrogen and oxygen atoms in total. The van der Waals surface area contributed by atoms with Crippen molar-refractivity contribution >= 4 is 47.1 Å². The molecule has 0 saturated carbocycles. The van der Waals surface area contributed by atoms with Crippen LogP contribution in [-0.2, 0) is 9.53 Å². The summed E-state index contributed by atoms with van der Waals surface area (Å²) in [5, 5.41) is 12.4. The van der Waals surface area contributed by atoms with E-state index < -0.39 is 13.2 Å². The minimum Gasteiger partial charge on any atom is -0.462 e. The first kappa shape index (κ1) is 25.9. The molecule has 0 aliphatic carbocycles. The molecule has 0 saturated heterocycles. The molecule has 0 spiro atoms. The molecule has 0 amide bonds. The van der Waals surface area contributed by atoms with Gasteiger partial charge < -0.3 is 4.74 Å². The zero-order valence-electron chi connectivity index (χ0n) is 20.9. The lowest BCUT2D eigenvalue weighted by Gasteiger charge is -2.27. The second-order valence-electron chi connectivity index (χ2n) is 8.31. The maximum Gasteiger partial charge on any atom is 0.351 e. The van der Waals surface area contributed by atoms with Crippen molar-refractivity contribution in [2.45, 2.75) is 6.92 Å². The lowest BCUT2D eigenvalue weighted by atomic mass is 10.2. The Hall–Kier alpha value is -4.14. The van der Waals surface area contributed by atoms with Gasteiger partial charge in [-0.2, -0.15) is 10.2 Å². The number of esters is 1. The van der Waals surface area contributed by atoms with E-state index in [1.807, 2.05) is 60.7 Å². The molecule has 0 aliphatic heterocycles. The number of rotatable bonds is 10. The van der Waals surface area contributed by atoms with Crippen LogP contribution in [0.15, 0.2) is 138 Å². The monoisotopic (exact) mass is 505 g/mol. The zero-order valence-corrected chi connectivity index (χ0v) is 21.7. The topological polar surface area (TPSA) is 51.0 Å². The second kappa shape index (κ2) is 13.2. The van der Waals surface area contributed by atoms with Gasteiger partial charge in [0.2, 0.25) is 0 Å². The number of carbonyl (C=O) groups is 1. The third kappa shape index (κ3) is 6.75. The molecule has 0 radical (unpaired) electrons. The number of hydrogen-bond acceptors (Lipinski definition) is 4. The maximum atomic E-state index is 11.9. The van der Waals surface area contributed by atoms with E-state index in [-0.39, 0.29) is 0 Å². The minimum atomic E-state index is -2.18. The Bertz CT molecular complexity index is 1260. The highest BCUT2D eigenvalue weighted by atomic mass is 31.2. The Morgan fingerprint density at radius 1 is 0.730 bits per heavy atom. The van der Waals surface area contributed by atoms with Crippen LogP contribution in [0.1, 0.15) is 12.5 Å². The Kier molecular flexibility index (Phi) is 9.29. The number of nitrogens with zero attached hydrogens (tertiary/aromatic N) is 2. The summed E-state index contributed by atoms with van der Waals surface area (Å²) in [5.41, 5.74) is 1.84. The highest BCUT2D eigenvalue weighted by Crippen LogP contribution is 2.55. The summed E-state index contributed by atoms with van der Waals surface area (Å²) < 4.78 is 4.99. The van der Waals surface area contributed by atoms with Crippen molar-refractivity contribution in [3.8, 4) is 0 Å². The smallest absolute Gasteiger partial charge is 0.351 e. The molecule has 5 heteroatoms. The first-order valence-corrected chi connectivity index (χ1v) is 14.2. The predicted molar refractivity (Wildman–Crippen MR) is 158 cm³/mol. The van der Waals surface area contributed by atoms with E-state index in [0.29, 0.717) is 12.8 Å². The molecular weight excluding hydrogens is 475 g/mol. The van der Waals surface area contributed by atoms with Crippen LogP contribution in [0.4, 0.5) is 0 Å². The molecule has 0 bridgehead atoms. The standard InChI is InChI=1S/C32H30N2O2P/c1-2-36-32(35)25-33-34-28(24-23-27-15-7-3-8-16-27)26-37(29-17-9-4-10-18-29,30-19-11-5-12-20-30)31-21-13-6-14-22-31/h3-25H,2,26H2,1H3/q+1/b24-23-,33-25-,34-28-. The van der Waals surface area contributed by atoms with Crippen molar-refractivity contribution in [1.29, 1.82) is 0 Å². The van der Waals surface area contributed by atoms with E-state index in [4.69, 9.17) is 4.74 Å². The van der Waals surface area contributed by atoms with Crippen LogP contribution in [0.25, 0.3) is 6.08 Å². The van der Waals surface area contributed by atoms with Gasteiger partial charge in [-0.3, -0.25) is 0 Å². The summed E-state index contributed by atoms with van der Waals surface area (Å²) >= 11 is 0. The molecule has 4 aromatic rings. The van der Waals surface area contributed by atoms with Gasteiger partial charge in [0, 0.05) is 0 Å². The summed E-state index contributed by atoms with van der Waals surface area (Å²) in [7, 11) is -2.18. The van der Waals surface area contributed by atoms with Crippen LogP contribution < -0.4 is 15.9 Å². The fraction of sp³-hybridized carbons (Fsp3) is 0.0938. The summed E-state index contributed by atoms with van der Waals surface area (Å²) in [6.07, 6.45) is 5.80. The van der Waals surface area contributed by atoms with Crippen LogP contribution >= 0.6 is 7.26 Å². The van der Waals surface area contributed by atoms with Crippen molar-refractivity contribution in [2.75, 3.05) is 12.8 Å². The van der Waals surface area contributed by atoms with Gasteiger partial charge >= 0.3 is 5.97 Å². The Morgan fingerprint density at radius 3 is 1.65 bits per heavy atom. The van der Waals surface area contributed by atoms with E-state index in [9.17, 15) is 4.79 Å². The first-order valence-electron chi connectivity index (χ1n) is 12.3. The van der Waals surface area contributed by atoms with Crippen molar-refractivity contribution in [1.82, 2.24) is 0 Å². The summed E-state index contributed by atoms with van der Waals surface area (Å²) in [4.78, 5) is 11.9. The molecule has 0 N–H and O–H groups in total. The molecule has 4 aromatic carbocycles. The van der Waals surface area contributed by atoms with Crippen molar-refractivity contribution < 1.29 is 9.53 Å². The SMILES string of the molecule is CCOC(=O)\C=N/N=C(/C=C\c1ccccc1)C[P+](c1ccccc1)(c1ccccc1)c1ccccc1. The fourth-order valence-electron chi connectivity index (χ4n) is 4.22. The highest BCUT2D eigenvalue weighted by molar-refractivity contribution is 7.96. The molecule has 0 fully saturated rings. The van der Waals surface area contributed by atoms with Crippen LogP contribution in [0.5, 0.6) is 0 Å². The number of hydrogen-bond donors (Lipinski definition) is 0. The highest BCUT2D eigenvalue weighted by Gasteiger charge is 2.46. The lowest BCUT2D eigenvalue weighted by Crippen LogP contribution is -2.35. The second-order valence-corrected chi connectivity index (χ2v) is 11.8. The van der Waals surface area contributed by atoms with E-state index in [1.54, 1.807) is 6.92 Å². The van der Waals surface area contributed by atoms with Gasteiger partial charge in [-0.25, -0.2) is 4.79 Å². The Balaban J connectivity index is 1.88. The minimum absolute atomic E-state index is 0.292. The van der Waals surface area contributed by atoms with E-state index in [1.165, 1.54) is 15.9 Å². The van der Waals surface area contributed by atoms with Crippen LogP contribution in [0.2, 0.25) is 0 Å². The maximum absolute atomic E-state index is 11.9. The van der Waals surface area contributed by atoms with Crippen molar-refractivity contribution in [3.63, 3.8) is 0 Å². The van der Waals surface area contributed by atoms with E-state index in [0.717, 1.165) is 17.5 Å². The first-order chi connectivity index (χ1) is 18.2. The van der Waals surface area contributed by atoms with Crippen LogP contribution in [0.3, 0.4) is 0 Å². The van der Waals surface area contributed by atoms with Crippen molar-refractivity contribution in [3.05, 3.63) is 133 Å². The van der Waals surface area contributed by atoms with Gasteiger partial charge in [0.15, 0.2) is 0 Å². The third-order valence-corrected chi connectivity index (χ3v) is 10.2. The Labute approximate surface area is 219 Å². The Morgan fingerprint density at radius 2 is 1.19 bits per heavy atom. The summed E-state index contributed by atoms with van der Waals surface area (Å²) in [6, 6.07) is 42.0. The van der Waals surface area contributed by atoms with Gasteiger partial charge in [0.05, 0.1) is 6.61 Å². The molecule has 184 valence electrons. The molecule has 37 heavy (non-hydrogen) atoms. The molecular formula is C32H30N2O2P+. The lowest BCUT2D eigenvalue weighted by molar-refractivity contribution is -0.134. The van der Waals surface area contributed by atoms with Gasteiger partial charge in [0.25, 0.3) is 0 Å². The molecule has 0 atom stereocenters. The zero-order chi connectivity index (χ0) is 25.8. The summed E-state index contributed by atoms with van der Waals surface area (Å²) in [5.74, 6) is -0.507. The molecule has 0 heterocycles. The van der Waals surface area contributed by atoms with Gasteiger partial charge in [-0.15, -0.1) is 0 Å².